The van der Waals surface area contributed by atoms with Gasteiger partial charge in [-0.05, 0) is 67.8 Å². The first-order valence-corrected chi connectivity index (χ1v) is 9.09. The van der Waals surface area contributed by atoms with Crippen molar-refractivity contribution in [1.29, 1.82) is 0 Å². The summed E-state index contributed by atoms with van der Waals surface area (Å²) in [6, 6.07) is 0. The fraction of sp³-hybridized carbons (Fsp3) is 0.619. The molecule has 3 nitrogen and oxygen atoms in total. The predicted octanol–water partition coefficient (Wildman–Crippen LogP) is 4.39. The van der Waals surface area contributed by atoms with Crippen molar-refractivity contribution in [3.05, 3.63) is 35.6 Å². The summed E-state index contributed by atoms with van der Waals surface area (Å²) in [7, 11) is 1.45. The Morgan fingerprint density at radius 1 is 1.25 bits per heavy atom. The molecule has 0 radical (unpaired) electrons. The second-order valence-corrected chi connectivity index (χ2v) is 8.04. The monoisotopic (exact) mass is 328 g/mol. The molecule has 3 aliphatic rings. The number of allylic oxidation sites excluding steroid dienone is 4. The summed E-state index contributed by atoms with van der Waals surface area (Å²) in [5.41, 5.74) is 2.04. The Morgan fingerprint density at radius 3 is 2.71 bits per heavy atom. The predicted molar refractivity (Wildman–Crippen MR) is 94.3 cm³/mol. The summed E-state index contributed by atoms with van der Waals surface area (Å²) in [5.74, 6) is 1.58. The summed E-state index contributed by atoms with van der Waals surface area (Å²) >= 11 is 0. The first-order valence-electron chi connectivity index (χ1n) is 9.09. The average Bonchev–Trinajstić information content (AvgIpc) is 2.55. The molecule has 2 fully saturated rings. The van der Waals surface area contributed by atoms with Gasteiger partial charge < -0.3 is 4.74 Å². The molecule has 0 amide bonds. The number of rotatable bonds is 3. The van der Waals surface area contributed by atoms with Gasteiger partial charge in [0.15, 0.2) is 11.5 Å². The van der Waals surface area contributed by atoms with E-state index in [0.29, 0.717) is 29.7 Å². The van der Waals surface area contributed by atoms with E-state index in [9.17, 15) is 9.59 Å². The molecule has 0 bridgehead atoms. The van der Waals surface area contributed by atoms with E-state index in [2.05, 4.69) is 20.4 Å². The molecule has 0 aliphatic heterocycles. The molecule has 3 rings (SSSR count). The minimum absolute atomic E-state index is 0.0320. The standard InChI is InChI=1S/C21H28O3/c1-13-6-5-7-18-17(13)9-8-14(2)21(18,3)12-15-10-16(22)11-19(24-4)20(15)23/h10-11,14,17-18H,1,5-9,12H2,2-4H3/t14-,17-,18+,21-/m1/s1. The van der Waals surface area contributed by atoms with Crippen molar-refractivity contribution in [2.24, 2.45) is 23.2 Å². The number of carbonyl (C=O) groups excluding carboxylic acids is 2. The summed E-state index contributed by atoms with van der Waals surface area (Å²) < 4.78 is 5.11. The summed E-state index contributed by atoms with van der Waals surface area (Å²) in [5, 5.41) is 0. The number of carbonyl (C=O) groups is 2. The van der Waals surface area contributed by atoms with Gasteiger partial charge in [0.05, 0.1) is 7.11 Å². The van der Waals surface area contributed by atoms with Crippen molar-refractivity contribution in [1.82, 2.24) is 0 Å². The molecule has 0 aromatic carbocycles. The summed E-state index contributed by atoms with van der Waals surface area (Å²) in [6.45, 7) is 8.94. The normalized spacial score (nSPS) is 36.8. The molecular formula is C21H28O3. The maximum atomic E-state index is 12.6. The Balaban J connectivity index is 1.90. The molecule has 0 aromatic heterocycles. The van der Waals surface area contributed by atoms with Gasteiger partial charge in [0.2, 0.25) is 5.78 Å². The highest BCUT2D eigenvalue weighted by atomic mass is 16.5. The van der Waals surface area contributed by atoms with Crippen LogP contribution in [0.3, 0.4) is 0 Å². The Hall–Kier alpha value is -1.64. The van der Waals surface area contributed by atoms with Crippen molar-refractivity contribution >= 4 is 11.6 Å². The zero-order valence-electron chi connectivity index (χ0n) is 15.1. The summed E-state index contributed by atoms with van der Waals surface area (Å²) in [6.07, 6.45) is 9.39. The van der Waals surface area contributed by atoms with E-state index in [4.69, 9.17) is 4.74 Å². The molecule has 0 unspecified atom stereocenters. The number of methoxy groups -OCH3 is 1. The number of hydrogen-bond acceptors (Lipinski definition) is 3. The molecule has 2 saturated carbocycles. The van der Waals surface area contributed by atoms with Crippen LogP contribution in [0.5, 0.6) is 0 Å². The fourth-order valence-electron chi connectivity index (χ4n) is 5.17. The van der Waals surface area contributed by atoms with Crippen LogP contribution in [0, 0.1) is 23.2 Å². The van der Waals surface area contributed by atoms with Crippen LogP contribution in [-0.4, -0.2) is 18.7 Å². The summed E-state index contributed by atoms with van der Waals surface area (Å²) in [4.78, 5) is 24.6. The number of Topliss-reactive ketones (excluding diaryl/α,β-unsaturated/α-hetero) is 1. The van der Waals surface area contributed by atoms with Crippen LogP contribution in [0.4, 0.5) is 0 Å². The Kier molecular flexibility index (Phi) is 4.54. The van der Waals surface area contributed by atoms with Crippen molar-refractivity contribution in [2.75, 3.05) is 7.11 Å². The maximum Gasteiger partial charge on any atom is 0.223 e. The van der Waals surface area contributed by atoms with Gasteiger partial charge in [0.1, 0.15) is 0 Å². The molecule has 130 valence electrons. The SMILES string of the molecule is C=C1CCC[C@H]2[C@@H]1CC[C@@H](C)[C@@]2(C)CC1=CC(=O)C=C(OC)C1=O. The number of fused-ring (bicyclic) bond motifs is 1. The lowest BCUT2D eigenvalue weighted by Crippen LogP contribution is -2.45. The van der Waals surface area contributed by atoms with Gasteiger partial charge in [-0.3, -0.25) is 9.59 Å². The molecule has 0 aromatic rings. The molecule has 24 heavy (non-hydrogen) atoms. The van der Waals surface area contributed by atoms with Gasteiger partial charge in [0.25, 0.3) is 0 Å². The number of ether oxygens (including phenoxy) is 1. The van der Waals surface area contributed by atoms with Gasteiger partial charge >= 0.3 is 0 Å². The molecule has 0 N–H and O–H groups in total. The van der Waals surface area contributed by atoms with E-state index in [0.717, 1.165) is 6.42 Å². The van der Waals surface area contributed by atoms with E-state index in [1.807, 2.05) is 0 Å². The number of hydrogen-bond donors (Lipinski definition) is 0. The van der Waals surface area contributed by atoms with Gasteiger partial charge in [-0.2, -0.15) is 0 Å². The van der Waals surface area contributed by atoms with Crippen LogP contribution in [0.2, 0.25) is 0 Å². The Labute approximate surface area is 144 Å². The Bertz CT molecular complexity index is 639. The molecule has 0 heterocycles. The third-order valence-corrected chi connectivity index (χ3v) is 6.80. The molecule has 3 aliphatic carbocycles. The smallest absolute Gasteiger partial charge is 0.223 e. The van der Waals surface area contributed by atoms with E-state index >= 15 is 0 Å². The Morgan fingerprint density at radius 2 is 2.00 bits per heavy atom. The highest BCUT2D eigenvalue weighted by Crippen LogP contribution is 2.57. The fourth-order valence-corrected chi connectivity index (χ4v) is 5.17. The molecule has 0 spiro atoms. The van der Waals surface area contributed by atoms with E-state index in [-0.39, 0.29) is 22.7 Å². The minimum Gasteiger partial charge on any atom is -0.493 e. The molecule has 0 saturated heterocycles. The van der Waals surface area contributed by atoms with Gasteiger partial charge in [-0.1, -0.05) is 26.0 Å². The lowest BCUT2D eigenvalue weighted by molar-refractivity contribution is -0.118. The van der Waals surface area contributed by atoms with Crippen LogP contribution < -0.4 is 0 Å². The third-order valence-electron chi connectivity index (χ3n) is 6.80. The lowest BCUT2D eigenvalue weighted by Gasteiger charge is -2.53. The molecular weight excluding hydrogens is 300 g/mol. The van der Waals surface area contributed by atoms with Crippen LogP contribution in [0.15, 0.2) is 35.6 Å². The zero-order chi connectivity index (χ0) is 17.5. The van der Waals surface area contributed by atoms with Gasteiger partial charge in [0, 0.05) is 11.6 Å². The third kappa shape index (κ3) is 2.78. The largest absolute Gasteiger partial charge is 0.493 e. The molecule has 4 atom stereocenters. The maximum absolute atomic E-state index is 12.6. The molecule has 3 heteroatoms. The lowest BCUT2D eigenvalue weighted by atomic mass is 9.51. The second-order valence-electron chi connectivity index (χ2n) is 8.04. The second kappa shape index (κ2) is 6.34. The first-order chi connectivity index (χ1) is 11.4. The van der Waals surface area contributed by atoms with Crippen molar-refractivity contribution in [2.45, 2.75) is 52.4 Å². The van der Waals surface area contributed by atoms with Crippen molar-refractivity contribution in [3.8, 4) is 0 Å². The van der Waals surface area contributed by atoms with Gasteiger partial charge in [-0.25, -0.2) is 0 Å². The number of ketones is 2. The van der Waals surface area contributed by atoms with E-state index < -0.39 is 0 Å². The van der Waals surface area contributed by atoms with Crippen LogP contribution >= 0.6 is 0 Å². The topological polar surface area (TPSA) is 43.4 Å². The van der Waals surface area contributed by atoms with E-state index in [1.165, 1.54) is 50.5 Å². The van der Waals surface area contributed by atoms with Crippen molar-refractivity contribution in [3.63, 3.8) is 0 Å². The van der Waals surface area contributed by atoms with Crippen LogP contribution in [0.25, 0.3) is 0 Å². The highest BCUT2D eigenvalue weighted by molar-refractivity contribution is 6.19. The van der Waals surface area contributed by atoms with E-state index in [1.54, 1.807) is 0 Å². The first kappa shape index (κ1) is 17.2. The average molecular weight is 328 g/mol. The van der Waals surface area contributed by atoms with Gasteiger partial charge in [-0.15, -0.1) is 0 Å². The highest BCUT2D eigenvalue weighted by Gasteiger charge is 2.49. The van der Waals surface area contributed by atoms with Crippen LogP contribution in [-0.2, 0) is 14.3 Å². The van der Waals surface area contributed by atoms with Crippen LogP contribution in [0.1, 0.15) is 52.4 Å². The minimum atomic E-state index is -0.141. The zero-order valence-corrected chi connectivity index (χ0v) is 15.1. The van der Waals surface area contributed by atoms with Crippen molar-refractivity contribution < 1.29 is 14.3 Å². The quantitative estimate of drug-likeness (QED) is 0.570.